The van der Waals surface area contributed by atoms with Crippen molar-refractivity contribution in [2.75, 3.05) is 11.9 Å². The predicted octanol–water partition coefficient (Wildman–Crippen LogP) is 1.99. The molecule has 1 aromatic rings. The highest BCUT2D eigenvalue weighted by atomic mass is 32.1. The number of nitrogens with zero attached hydrogens (tertiary/aromatic N) is 1. The maximum absolute atomic E-state index is 11.7. The zero-order chi connectivity index (χ0) is 12.9. The summed E-state index contributed by atoms with van der Waals surface area (Å²) in [5.74, 6) is 0. The van der Waals surface area contributed by atoms with E-state index in [-0.39, 0.29) is 12.6 Å². The smallest absolute Gasteiger partial charge is 0.321 e. The molecule has 6 heteroatoms. The third-order valence-electron chi connectivity index (χ3n) is 2.68. The zero-order valence-corrected chi connectivity index (χ0v) is 11.2. The van der Waals surface area contributed by atoms with Gasteiger partial charge in [0.25, 0.3) is 0 Å². The number of hydrogen-bond donors (Lipinski definition) is 3. The summed E-state index contributed by atoms with van der Waals surface area (Å²) in [5, 5.41) is 17.1. The van der Waals surface area contributed by atoms with Crippen LogP contribution in [0, 0.1) is 0 Å². The van der Waals surface area contributed by atoms with E-state index in [1.165, 1.54) is 11.3 Å². The maximum Gasteiger partial charge on any atom is 0.321 e. The second-order valence-corrected chi connectivity index (χ2v) is 5.01. The Hall–Kier alpha value is -1.14. The molecule has 17 heavy (non-hydrogen) atoms. The van der Waals surface area contributed by atoms with Crippen LogP contribution in [-0.2, 0) is 6.42 Å². The van der Waals surface area contributed by atoms with Crippen LogP contribution in [0.5, 0.6) is 0 Å². The number of aromatic nitrogens is 1. The van der Waals surface area contributed by atoms with Gasteiger partial charge in [0.05, 0.1) is 17.8 Å². The lowest BCUT2D eigenvalue weighted by Crippen LogP contribution is -2.50. The Kier molecular flexibility index (Phi) is 4.89. The highest BCUT2D eigenvalue weighted by Gasteiger charge is 2.23. The van der Waals surface area contributed by atoms with E-state index in [2.05, 4.69) is 15.6 Å². The monoisotopic (exact) mass is 257 g/mol. The average Bonchev–Trinajstić information content (AvgIpc) is 2.76. The van der Waals surface area contributed by atoms with Gasteiger partial charge in [0.2, 0.25) is 0 Å². The second-order valence-electron chi connectivity index (χ2n) is 4.15. The van der Waals surface area contributed by atoms with Crippen LogP contribution >= 0.6 is 11.3 Å². The molecular formula is C11H19N3O2S. The Morgan fingerprint density at radius 2 is 2.29 bits per heavy atom. The van der Waals surface area contributed by atoms with Crippen molar-refractivity contribution in [1.82, 2.24) is 10.3 Å². The van der Waals surface area contributed by atoms with Crippen LogP contribution in [0.1, 0.15) is 32.9 Å². The predicted molar refractivity (Wildman–Crippen MR) is 69.4 cm³/mol. The fraction of sp³-hybridized carbons (Fsp3) is 0.636. The minimum atomic E-state index is -0.588. The van der Waals surface area contributed by atoms with Gasteiger partial charge in [-0.1, -0.05) is 13.8 Å². The molecule has 5 nitrogen and oxygen atoms in total. The van der Waals surface area contributed by atoms with Crippen LogP contribution in [0.15, 0.2) is 5.38 Å². The number of carbonyl (C=O) groups excluding carboxylic acids is 1. The molecule has 1 atom stereocenters. The van der Waals surface area contributed by atoms with Crippen molar-refractivity contribution in [3.63, 3.8) is 0 Å². The van der Waals surface area contributed by atoms with Crippen molar-refractivity contribution in [2.45, 2.75) is 39.2 Å². The first-order valence-electron chi connectivity index (χ1n) is 5.67. The largest absolute Gasteiger partial charge is 0.394 e. The Labute approximate surface area is 105 Å². The van der Waals surface area contributed by atoms with Crippen molar-refractivity contribution in [2.24, 2.45) is 0 Å². The number of aliphatic hydroxyl groups is 1. The van der Waals surface area contributed by atoms with E-state index in [0.717, 1.165) is 12.1 Å². The third kappa shape index (κ3) is 3.98. The number of thiazole rings is 1. The first kappa shape index (κ1) is 13.9. The van der Waals surface area contributed by atoms with Gasteiger partial charge in [-0.05, 0) is 19.8 Å². The van der Waals surface area contributed by atoms with Gasteiger partial charge in [-0.3, -0.25) is 5.32 Å². The lowest BCUT2D eigenvalue weighted by Gasteiger charge is -2.26. The first-order valence-corrected chi connectivity index (χ1v) is 6.55. The molecule has 0 saturated carbocycles. The lowest BCUT2D eigenvalue weighted by molar-refractivity contribution is 0.172. The molecule has 0 saturated heterocycles. The molecule has 3 N–H and O–H groups in total. The van der Waals surface area contributed by atoms with Gasteiger partial charge in [0.15, 0.2) is 5.13 Å². The summed E-state index contributed by atoms with van der Waals surface area (Å²) in [4.78, 5) is 15.9. The quantitative estimate of drug-likeness (QED) is 0.755. The number of anilines is 1. The van der Waals surface area contributed by atoms with Crippen LogP contribution < -0.4 is 10.6 Å². The minimum Gasteiger partial charge on any atom is -0.394 e. The first-order chi connectivity index (χ1) is 8.03. The van der Waals surface area contributed by atoms with Crippen molar-refractivity contribution >= 4 is 22.5 Å². The second kappa shape index (κ2) is 5.97. The Morgan fingerprint density at radius 1 is 1.59 bits per heavy atom. The summed E-state index contributed by atoms with van der Waals surface area (Å²) in [6.45, 7) is 5.63. The summed E-state index contributed by atoms with van der Waals surface area (Å²) in [6, 6.07) is -0.333. The van der Waals surface area contributed by atoms with Gasteiger partial charge in [0.1, 0.15) is 0 Å². The molecule has 96 valence electrons. The molecule has 0 radical (unpaired) electrons. The van der Waals surface area contributed by atoms with Gasteiger partial charge in [-0.2, -0.15) is 0 Å². The molecule has 0 aromatic carbocycles. The van der Waals surface area contributed by atoms with Gasteiger partial charge in [-0.25, -0.2) is 9.78 Å². The number of nitrogens with one attached hydrogen (secondary N) is 2. The molecule has 0 spiro atoms. The average molecular weight is 257 g/mol. The molecule has 1 rings (SSSR count). The van der Waals surface area contributed by atoms with Gasteiger partial charge >= 0.3 is 6.03 Å². The molecule has 0 fully saturated rings. The molecule has 0 aliphatic rings. The van der Waals surface area contributed by atoms with Crippen molar-refractivity contribution in [1.29, 1.82) is 0 Å². The summed E-state index contributed by atoms with van der Waals surface area (Å²) < 4.78 is 0. The highest BCUT2D eigenvalue weighted by Crippen LogP contribution is 2.16. The van der Waals surface area contributed by atoms with Gasteiger partial charge in [-0.15, -0.1) is 11.3 Å². The molecule has 1 unspecified atom stereocenters. The van der Waals surface area contributed by atoms with Crippen LogP contribution in [0.25, 0.3) is 0 Å². The van der Waals surface area contributed by atoms with Crippen LogP contribution in [0.3, 0.4) is 0 Å². The van der Waals surface area contributed by atoms with Crippen molar-refractivity contribution in [3.8, 4) is 0 Å². The van der Waals surface area contributed by atoms with Crippen LogP contribution in [0.4, 0.5) is 9.93 Å². The third-order valence-corrected chi connectivity index (χ3v) is 3.49. The maximum atomic E-state index is 11.7. The van der Waals surface area contributed by atoms with E-state index >= 15 is 0 Å². The standard InChI is InChI=1S/C11H19N3O2S/c1-4-8-6-17-10(12-8)13-9(16)14-11(3,5-2)7-15/h6,15H,4-5,7H2,1-3H3,(H2,12,13,14,16). The van der Waals surface area contributed by atoms with E-state index in [4.69, 9.17) is 0 Å². The number of aryl methyl sites for hydroxylation is 1. The van der Waals surface area contributed by atoms with E-state index in [1.54, 1.807) is 6.92 Å². The Balaban J connectivity index is 2.55. The summed E-state index contributed by atoms with van der Waals surface area (Å²) >= 11 is 1.40. The molecular weight excluding hydrogens is 238 g/mol. The van der Waals surface area contributed by atoms with E-state index < -0.39 is 5.54 Å². The topological polar surface area (TPSA) is 74.2 Å². The number of hydrogen-bond acceptors (Lipinski definition) is 4. The van der Waals surface area contributed by atoms with Crippen molar-refractivity contribution < 1.29 is 9.90 Å². The van der Waals surface area contributed by atoms with Gasteiger partial charge < -0.3 is 10.4 Å². The zero-order valence-electron chi connectivity index (χ0n) is 10.4. The Morgan fingerprint density at radius 3 is 2.76 bits per heavy atom. The molecule has 0 aliphatic heterocycles. The van der Waals surface area contributed by atoms with Crippen molar-refractivity contribution in [3.05, 3.63) is 11.1 Å². The summed E-state index contributed by atoms with van der Waals surface area (Å²) in [7, 11) is 0. The number of rotatable bonds is 5. The van der Waals surface area contributed by atoms with E-state index in [9.17, 15) is 9.90 Å². The number of urea groups is 1. The van der Waals surface area contributed by atoms with E-state index in [1.807, 2.05) is 19.2 Å². The Bertz CT molecular complexity index is 375. The molecule has 0 bridgehead atoms. The van der Waals surface area contributed by atoms with Gasteiger partial charge in [0, 0.05) is 5.38 Å². The number of aliphatic hydroxyl groups excluding tert-OH is 1. The normalized spacial score (nSPS) is 14.1. The minimum absolute atomic E-state index is 0.0883. The molecule has 0 aliphatic carbocycles. The molecule has 2 amide bonds. The van der Waals surface area contributed by atoms with Crippen LogP contribution in [-0.4, -0.2) is 28.3 Å². The SMILES string of the molecule is CCc1csc(NC(=O)NC(C)(CC)CO)n1. The summed E-state index contributed by atoms with van der Waals surface area (Å²) in [5.41, 5.74) is 0.375. The highest BCUT2D eigenvalue weighted by molar-refractivity contribution is 7.13. The fourth-order valence-electron chi connectivity index (χ4n) is 1.17. The van der Waals surface area contributed by atoms with Crippen LogP contribution in [0.2, 0.25) is 0 Å². The lowest BCUT2D eigenvalue weighted by atomic mass is 10.0. The molecule has 1 heterocycles. The molecule has 1 aromatic heterocycles. The number of carbonyl (C=O) groups is 1. The fourth-order valence-corrected chi connectivity index (χ4v) is 1.96. The number of amides is 2. The summed E-state index contributed by atoms with van der Waals surface area (Å²) in [6.07, 6.45) is 1.51. The van der Waals surface area contributed by atoms with E-state index in [0.29, 0.717) is 11.6 Å².